The second-order valence-corrected chi connectivity index (χ2v) is 4.58. The molecule has 0 fully saturated rings. The maximum atomic E-state index is 8.19. The van der Waals surface area contributed by atoms with E-state index in [0.29, 0.717) is 6.61 Å². The van der Waals surface area contributed by atoms with Crippen LogP contribution in [0.2, 0.25) is 0 Å². The van der Waals surface area contributed by atoms with Crippen molar-refractivity contribution < 1.29 is 19.3 Å². The Morgan fingerprint density at radius 2 is 1.26 bits per heavy atom. The van der Waals surface area contributed by atoms with Crippen molar-refractivity contribution in [2.45, 2.75) is 59.5 Å². The van der Waals surface area contributed by atoms with E-state index in [4.69, 9.17) is 19.3 Å². The molecule has 0 saturated heterocycles. The summed E-state index contributed by atoms with van der Waals surface area (Å²) in [6.07, 6.45) is 4.98. The maximum Gasteiger partial charge on any atom is 0.0701 e. The highest BCUT2D eigenvalue weighted by Crippen LogP contribution is 1.90. The van der Waals surface area contributed by atoms with Crippen molar-refractivity contribution in [1.29, 1.82) is 0 Å². The van der Waals surface area contributed by atoms with Gasteiger partial charge in [0.25, 0.3) is 0 Å². The number of rotatable bonds is 12. The van der Waals surface area contributed by atoms with E-state index < -0.39 is 0 Å². The Morgan fingerprint density at radius 1 is 0.789 bits per heavy atom. The zero-order chi connectivity index (χ0) is 14.8. The van der Waals surface area contributed by atoms with Gasteiger partial charge in [-0.05, 0) is 26.7 Å². The Morgan fingerprint density at radius 3 is 1.53 bits per heavy atom. The van der Waals surface area contributed by atoms with Crippen LogP contribution in [-0.2, 0) is 14.2 Å². The van der Waals surface area contributed by atoms with Crippen LogP contribution in [0.25, 0.3) is 0 Å². The maximum absolute atomic E-state index is 8.19. The minimum atomic E-state index is 0.123. The van der Waals surface area contributed by atoms with Crippen molar-refractivity contribution in [3.8, 4) is 0 Å². The topological polar surface area (TPSA) is 47.9 Å². The van der Waals surface area contributed by atoms with E-state index >= 15 is 0 Å². The lowest BCUT2D eigenvalue weighted by Crippen LogP contribution is -2.06. The van der Waals surface area contributed by atoms with E-state index in [-0.39, 0.29) is 12.7 Å². The highest BCUT2D eigenvalue weighted by atomic mass is 16.5. The van der Waals surface area contributed by atoms with E-state index in [9.17, 15) is 0 Å². The highest BCUT2D eigenvalue weighted by Gasteiger charge is 1.89. The van der Waals surface area contributed by atoms with Crippen LogP contribution in [0.15, 0.2) is 0 Å². The Balaban J connectivity index is 0. The first-order chi connectivity index (χ1) is 9.18. The van der Waals surface area contributed by atoms with E-state index in [0.717, 1.165) is 39.3 Å². The van der Waals surface area contributed by atoms with Crippen molar-refractivity contribution in [3.63, 3.8) is 0 Å². The van der Waals surface area contributed by atoms with Gasteiger partial charge in [-0.1, -0.05) is 26.7 Å². The summed E-state index contributed by atoms with van der Waals surface area (Å²) in [4.78, 5) is 0. The first-order valence-corrected chi connectivity index (χ1v) is 7.56. The molecule has 0 aliphatic heterocycles. The third-order valence-electron chi connectivity index (χ3n) is 2.20. The molecule has 0 radical (unpaired) electrons. The van der Waals surface area contributed by atoms with Gasteiger partial charge in [-0.3, -0.25) is 0 Å². The van der Waals surface area contributed by atoms with Crippen LogP contribution < -0.4 is 0 Å². The first kappa shape index (κ1) is 21.1. The fourth-order valence-corrected chi connectivity index (χ4v) is 1.10. The molecular weight excluding hydrogens is 244 g/mol. The quantitative estimate of drug-likeness (QED) is 0.557. The third-order valence-corrected chi connectivity index (χ3v) is 2.20. The molecule has 0 rings (SSSR count). The van der Waals surface area contributed by atoms with E-state index in [1.807, 2.05) is 13.8 Å². The van der Waals surface area contributed by atoms with Crippen LogP contribution in [0.3, 0.4) is 0 Å². The van der Waals surface area contributed by atoms with E-state index in [1.54, 1.807) is 0 Å². The molecule has 118 valence electrons. The standard InChI is InChI=1S/C10H22O2.C5H12O2/c1-3-5-7-11-9-10-12-8-6-4-2;1-5(2)7-4-3-6/h3-10H2,1-2H3;5-6H,3-4H2,1-2H3. The molecule has 0 aromatic carbocycles. The monoisotopic (exact) mass is 278 g/mol. The predicted molar refractivity (Wildman–Crippen MR) is 79.6 cm³/mol. The van der Waals surface area contributed by atoms with E-state index in [2.05, 4.69) is 13.8 Å². The highest BCUT2D eigenvalue weighted by molar-refractivity contribution is 4.35. The Hall–Kier alpha value is -0.160. The van der Waals surface area contributed by atoms with E-state index in [1.165, 1.54) is 12.8 Å². The summed E-state index contributed by atoms with van der Waals surface area (Å²) in [7, 11) is 0. The molecule has 0 heterocycles. The lowest BCUT2D eigenvalue weighted by molar-refractivity contribution is 0.0457. The Kier molecular flexibility index (Phi) is 22.4. The summed E-state index contributed by atoms with van der Waals surface area (Å²) >= 11 is 0. The van der Waals surface area contributed by atoms with Gasteiger partial charge in [0.05, 0.1) is 32.5 Å². The van der Waals surface area contributed by atoms with Crippen molar-refractivity contribution in [2.24, 2.45) is 0 Å². The molecule has 0 spiro atoms. The van der Waals surface area contributed by atoms with Crippen molar-refractivity contribution >= 4 is 0 Å². The largest absolute Gasteiger partial charge is 0.394 e. The second-order valence-electron chi connectivity index (χ2n) is 4.58. The molecule has 0 atom stereocenters. The molecule has 0 aliphatic rings. The molecule has 0 amide bonds. The van der Waals surface area contributed by atoms with Crippen LogP contribution in [0.4, 0.5) is 0 Å². The summed E-state index contributed by atoms with van der Waals surface area (Å²) < 4.78 is 15.6. The molecule has 0 unspecified atom stereocenters. The summed E-state index contributed by atoms with van der Waals surface area (Å²) in [6, 6.07) is 0. The van der Waals surface area contributed by atoms with Gasteiger partial charge in [0.15, 0.2) is 0 Å². The van der Waals surface area contributed by atoms with Crippen LogP contribution in [0.5, 0.6) is 0 Å². The van der Waals surface area contributed by atoms with Gasteiger partial charge in [0.2, 0.25) is 0 Å². The van der Waals surface area contributed by atoms with Gasteiger partial charge in [0, 0.05) is 13.2 Å². The SMILES string of the molecule is CC(C)OCCO.CCCCOCCOCCCC. The molecule has 0 aromatic heterocycles. The van der Waals surface area contributed by atoms with Crippen LogP contribution in [-0.4, -0.2) is 50.9 Å². The van der Waals surface area contributed by atoms with Gasteiger partial charge in [-0.25, -0.2) is 0 Å². The molecule has 19 heavy (non-hydrogen) atoms. The minimum absolute atomic E-state index is 0.123. The first-order valence-electron chi connectivity index (χ1n) is 7.56. The lowest BCUT2D eigenvalue weighted by Gasteiger charge is -2.03. The number of aliphatic hydroxyl groups excluding tert-OH is 1. The summed E-state index contributed by atoms with van der Waals surface area (Å²) in [5, 5.41) is 8.19. The molecule has 4 nitrogen and oxygen atoms in total. The molecule has 0 aromatic rings. The molecule has 0 aliphatic carbocycles. The zero-order valence-electron chi connectivity index (χ0n) is 13.3. The number of aliphatic hydroxyl groups is 1. The van der Waals surface area contributed by atoms with Crippen LogP contribution in [0, 0.1) is 0 Å². The van der Waals surface area contributed by atoms with Crippen molar-refractivity contribution in [1.82, 2.24) is 0 Å². The van der Waals surface area contributed by atoms with Gasteiger partial charge < -0.3 is 19.3 Å². The predicted octanol–water partition coefficient (Wildman–Crippen LogP) is 3.02. The normalized spacial score (nSPS) is 10.4. The number of unbranched alkanes of at least 4 members (excludes halogenated alkanes) is 2. The number of ether oxygens (including phenoxy) is 3. The third kappa shape index (κ3) is 27.2. The fraction of sp³-hybridized carbons (Fsp3) is 1.00. The molecule has 1 N–H and O–H groups in total. The minimum Gasteiger partial charge on any atom is -0.394 e. The lowest BCUT2D eigenvalue weighted by atomic mass is 10.4. The van der Waals surface area contributed by atoms with Gasteiger partial charge in [-0.15, -0.1) is 0 Å². The molecule has 0 saturated carbocycles. The van der Waals surface area contributed by atoms with Gasteiger partial charge >= 0.3 is 0 Å². The van der Waals surface area contributed by atoms with Crippen molar-refractivity contribution in [3.05, 3.63) is 0 Å². The number of hydrogen-bond donors (Lipinski definition) is 1. The summed E-state index contributed by atoms with van der Waals surface area (Å²) in [5.74, 6) is 0. The van der Waals surface area contributed by atoms with Gasteiger partial charge in [-0.2, -0.15) is 0 Å². The van der Waals surface area contributed by atoms with Crippen LogP contribution in [0.1, 0.15) is 53.4 Å². The second kappa shape index (κ2) is 20.2. The smallest absolute Gasteiger partial charge is 0.0701 e. The van der Waals surface area contributed by atoms with Crippen LogP contribution >= 0.6 is 0 Å². The zero-order valence-corrected chi connectivity index (χ0v) is 13.3. The molecular formula is C15H34O4. The van der Waals surface area contributed by atoms with Gasteiger partial charge in [0.1, 0.15) is 0 Å². The van der Waals surface area contributed by atoms with Crippen molar-refractivity contribution in [2.75, 3.05) is 39.6 Å². The molecule has 4 heteroatoms. The average Bonchev–Trinajstić information content (AvgIpc) is 2.40. The fourth-order valence-electron chi connectivity index (χ4n) is 1.10. The average molecular weight is 278 g/mol. The summed E-state index contributed by atoms with van der Waals surface area (Å²) in [6.45, 7) is 12.1. The Bertz CT molecular complexity index is 130. The Labute approximate surface area is 119 Å². The number of hydrogen-bond acceptors (Lipinski definition) is 4. The summed E-state index contributed by atoms with van der Waals surface area (Å²) in [5.41, 5.74) is 0. The molecule has 0 bridgehead atoms.